The molecule has 117 valence electrons. The molecule has 1 aliphatic heterocycles. The Morgan fingerprint density at radius 1 is 1.32 bits per heavy atom. The van der Waals surface area contributed by atoms with Crippen molar-refractivity contribution in [3.8, 4) is 0 Å². The van der Waals surface area contributed by atoms with Crippen molar-refractivity contribution < 1.29 is 19.1 Å². The quantitative estimate of drug-likeness (QED) is 0.474. The topological polar surface area (TPSA) is 92.4 Å². The molecule has 1 aromatic rings. The minimum atomic E-state index is -0.915. The van der Waals surface area contributed by atoms with Crippen LogP contribution < -0.4 is 10.6 Å². The number of methoxy groups -OCH3 is 1. The number of ketones is 1. The zero-order valence-electron chi connectivity index (χ0n) is 12.5. The molecule has 6 nitrogen and oxygen atoms in total. The maximum absolute atomic E-state index is 12.5. The second kappa shape index (κ2) is 7.29. The predicted octanol–water partition coefficient (Wildman–Crippen LogP) is 0.128. The molecule has 2 rings (SSSR count). The van der Waals surface area contributed by atoms with Gasteiger partial charge in [0.25, 0.3) is 0 Å². The maximum Gasteiger partial charge on any atom is 0.381 e. The lowest BCUT2D eigenvalue weighted by atomic mass is 10.0. The Kier molecular flexibility index (Phi) is 5.41. The number of likely N-dealkylation sites (tertiary alicyclic amines) is 1. The first-order valence-electron chi connectivity index (χ1n) is 7.26. The van der Waals surface area contributed by atoms with Gasteiger partial charge in [-0.3, -0.25) is 4.79 Å². The van der Waals surface area contributed by atoms with Crippen molar-refractivity contribution in [2.24, 2.45) is 5.73 Å². The van der Waals surface area contributed by atoms with Crippen LogP contribution in [0.4, 0.5) is 0 Å². The lowest BCUT2D eigenvalue weighted by molar-refractivity contribution is -0.153. The van der Waals surface area contributed by atoms with Crippen molar-refractivity contribution in [1.29, 1.82) is 0 Å². The van der Waals surface area contributed by atoms with Gasteiger partial charge in [-0.05, 0) is 5.56 Å². The Morgan fingerprint density at radius 3 is 2.64 bits per heavy atom. The van der Waals surface area contributed by atoms with E-state index in [1.807, 2.05) is 30.3 Å². The summed E-state index contributed by atoms with van der Waals surface area (Å²) in [5.41, 5.74) is 6.94. The van der Waals surface area contributed by atoms with Gasteiger partial charge in [0.15, 0.2) is 0 Å². The van der Waals surface area contributed by atoms with Gasteiger partial charge in [-0.1, -0.05) is 35.2 Å². The van der Waals surface area contributed by atoms with Crippen LogP contribution in [0.3, 0.4) is 0 Å². The first-order chi connectivity index (χ1) is 10.5. The number of esters is 1. The van der Waals surface area contributed by atoms with E-state index in [-0.39, 0.29) is 5.91 Å². The molecule has 1 heterocycles. The number of amides is 1. The fraction of sp³-hybridized carbons (Fsp3) is 0.438. The number of carbonyl (C=O) groups is 3. The second-order valence-electron chi connectivity index (χ2n) is 5.34. The Balaban J connectivity index is 2.04. The molecular formula is C16H20N2O4+. The summed E-state index contributed by atoms with van der Waals surface area (Å²) >= 11 is 0. The summed E-state index contributed by atoms with van der Waals surface area (Å²) in [6.07, 6.45) is 1.55. The first-order valence-corrected chi connectivity index (χ1v) is 7.26. The zero-order chi connectivity index (χ0) is 16.1. The molecule has 1 saturated heterocycles. The standard InChI is InChI=1S/C16H20N2O4/c1-22-16(21)14(19)13-8-5-9-18(13)15(20)12(17)10-11-6-3-2-4-7-11/h2-4,6-7,12-13H,5,8-10,17H2,1H3/q+1/t12-,13+/m1/s1. The van der Waals surface area contributed by atoms with Gasteiger partial charge in [-0.15, -0.1) is 0 Å². The highest BCUT2D eigenvalue weighted by atomic mass is 16.5. The van der Waals surface area contributed by atoms with E-state index in [2.05, 4.69) is 4.74 Å². The summed E-state index contributed by atoms with van der Waals surface area (Å²) in [6.45, 7) is 0.439. The molecule has 0 bridgehead atoms. The van der Waals surface area contributed by atoms with Crippen molar-refractivity contribution >= 4 is 17.7 Å². The number of rotatable bonds is 5. The molecule has 1 amide bonds. The molecule has 6 heteroatoms. The molecule has 22 heavy (non-hydrogen) atoms. The van der Waals surface area contributed by atoms with E-state index in [0.29, 0.717) is 25.8 Å². The van der Waals surface area contributed by atoms with E-state index < -0.39 is 23.8 Å². The Morgan fingerprint density at radius 2 is 2.00 bits per heavy atom. The highest BCUT2D eigenvalue weighted by Gasteiger charge is 2.48. The zero-order valence-corrected chi connectivity index (χ0v) is 12.5. The summed E-state index contributed by atoms with van der Waals surface area (Å²) in [5.74, 6) is -1.90. The third-order valence-electron chi connectivity index (χ3n) is 3.84. The van der Waals surface area contributed by atoms with E-state index >= 15 is 0 Å². The number of hydrogen-bond donors (Lipinski definition) is 1. The van der Waals surface area contributed by atoms with Gasteiger partial charge >= 0.3 is 17.7 Å². The minimum absolute atomic E-state index is 0.302. The molecule has 0 spiro atoms. The van der Waals surface area contributed by atoms with Gasteiger partial charge in [-0.2, -0.15) is 0 Å². The number of hydrogen-bond acceptors (Lipinski definition) is 5. The highest BCUT2D eigenvalue weighted by molar-refractivity contribution is 6.36. The summed E-state index contributed by atoms with van der Waals surface area (Å²) in [5, 5.41) is 0. The largest absolute Gasteiger partial charge is 0.463 e. The van der Waals surface area contributed by atoms with Crippen LogP contribution in [0.15, 0.2) is 30.3 Å². The average molecular weight is 304 g/mol. The summed E-state index contributed by atoms with van der Waals surface area (Å²) in [7, 11) is 1.16. The molecule has 2 atom stereocenters. The first kappa shape index (κ1) is 16.3. The van der Waals surface area contributed by atoms with Crippen molar-refractivity contribution in [3.63, 3.8) is 0 Å². The van der Waals surface area contributed by atoms with Gasteiger partial charge in [0.2, 0.25) is 6.04 Å². The molecule has 0 aromatic heterocycles. The number of Topliss-reactive ketones (excluding diaryl/α,β-unsaturated/α-hetero) is 1. The van der Waals surface area contributed by atoms with Crippen LogP contribution in [0, 0.1) is 0 Å². The molecule has 0 unspecified atom stereocenters. The summed E-state index contributed by atoms with van der Waals surface area (Å²) in [4.78, 5) is 37.2. The van der Waals surface area contributed by atoms with Gasteiger partial charge < -0.3 is 10.5 Å². The van der Waals surface area contributed by atoms with E-state index in [4.69, 9.17) is 5.73 Å². The molecule has 1 aliphatic rings. The third kappa shape index (κ3) is 3.58. The number of benzene rings is 1. The number of carbonyl (C=O) groups excluding carboxylic acids is 3. The molecule has 1 radical (unpaired) electrons. The lowest BCUT2D eigenvalue weighted by Gasteiger charge is -2.14. The molecule has 0 saturated carbocycles. The van der Waals surface area contributed by atoms with Gasteiger partial charge in [0, 0.05) is 19.3 Å². The monoisotopic (exact) mass is 304 g/mol. The molecule has 0 aliphatic carbocycles. The fourth-order valence-corrected chi connectivity index (χ4v) is 2.71. The van der Waals surface area contributed by atoms with Crippen molar-refractivity contribution in [1.82, 2.24) is 4.90 Å². The molecule has 1 aromatic carbocycles. The van der Waals surface area contributed by atoms with Crippen LogP contribution in [-0.2, 0) is 25.5 Å². The minimum Gasteiger partial charge on any atom is -0.463 e. The fourth-order valence-electron chi connectivity index (χ4n) is 2.71. The number of ether oxygens (including phenoxy) is 1. The van der Waals surface area contributed by atoms with Gasteiger partial charge in [-0.25, -0.2) is 9.59 Å². The summed E-state index contributed by atoms with van der Waals surface area (Å²) in [6, 6.07) is 7.97. The molecular weight excluding hydrogens is 284 g/mol. The van der Waals surface area contributed by atoms with Crippen molar-refractivity contribution in [3.05, 3.63) is 35.9 Å². The molecule has 2 N–H and O–H groups in total. The van der Waals surface area contributed by atoms with Crippen LogP contribution in [-0.4, -0.2) is 43.4 Å². The smallest absolute Gasteiger partial charge is 0.381 e. The van der Waals surface area contributed by atoms with Crippen LogP contribution >= 0.6 is 0 Å². The van der Waals surface area contributed by atoms with Crippen LogP contribution in [0.25, 0.3) is 0 Å². The highest BCUT2D eigenvalue weighted by Crippen LogP contribution is 2.17. The van der Waals surface area contributed by atoms with Crippen molar-refractivity contribution in [2.45, 2.75) is 31.3 Å². The Bertz CT molecular complexity index is 559. The number of nitrogens with two attached hydrogens (primary N) is 1. The van der Waals surface area contributed by atoms with E-state index in [9.17, 15) is 14.4 Å². The van der Waals surface area contributed by atoms with Crippen LogP contribution in [0.2, 0.25) is 0 Å². The van der Waals surface area contributed by atoms with Crippen LogP contribution in [0.5, 0.6) is 0 Å². The van der Waals surface area contributed by atoms with E-state index in [1.54, 1.807) is 0 Å². The lowest BCUT2D eigenvalue weighted by Crippen LogP contribution is -2.54. The van der Waals surface area contributed by atoms with Crippen LogP contribution in [0.1, 0.15) is 18.4 Å². The second-order valence-corrected chi connectivity index (χ2v) is 5.34. The van der Waals surface area contributed by atoms with Crippen molar-refractivity contribution in [2.75, 3.05) is 13.7 Å². The maximum atomic E-state index is 12.5. The van der Waals surface area contributed by atoms with Gasteiger partial charge in [0.1, 0.15) is 12.6 Å². The third-order valence-corrected chi connectivity index (χ3v) is 3.84. The Labute approximate surface area is 129 Å². The number of nitrogens with zero attached hydrogens (tertiary/aromatic N) is 1. The molecule has 1 fully saturated rings. The summed E-state index contributed by atoms with van der Waals surface area (Å²) < 4.78 is 4.45. The Hall–Kier alpha value is -2.05. The normalized spacial score (nSPS) is 19.6. The van der Waals surface area contributed by atoms with Gasteiger partial charge in [0.05, 0.1) is 7.11 Å². The predicted molar refractivity (Wildman–Crippen MR) is 80.2 cm³/mol. The average Bonchev–Trinajstić information content (AvgIpc) is 3.03. The van der Waals surface area contributed by atoms with E-state index in [0.717, 1.165) is 12.7 Å². The SMILES string of the molecule is COC(=O)C(=O)[C@@H]1CCC[N+]1C(=O)[C@H](N)Cc1ccccc1. The van der Waals surface area contributed by atoms with E-state index in [1.165, 1.54) is 4.90 Å².